The first-order valence-electron chi connectivity index (χ1n) is 9.58. The predicted molar refractivity (Wildman–Crippen MR) is 102 cm³/mol. The van der Waals surface area contributed by atoms with Crippen molar-refractivity contribution in [2.75, 3.05) is 7.05 Å². The lowest BCUT2D eigenvalue weighted by atomic mass is 9.76. The summed E-state index contributed by atoms with van der Waals surface area (Å²) in [5.74, 6) is -0.262. The monoisotopic (exact) mass is 367 g/mol. The lowest BCUT2D eigenvalue weighted by Gasteiger charge is -2.36. The highest BCUT2D eigenvalue weighted by Crippen LogP contribution is 2.43. The second kappa shape index (κ2) is 6.51. The van der Waals surface area contributed by atoms with Gasteiger partial charge >= 0.3 is 5.56 Å². The van der Waals surface area contributed by atoms with E-state index in [1.165, 1.54) is 5.56 Å². The second-order valence-corrected chi connectivity index (χ2v) is 7.94. The minimum absolute atomic E-state index is 0.0243. The molecular weight excluding hydrogens is 342 g/mol. The molecule has 1 aliphatic carbocycles. The van der Waals surface area contributed by atoms with Crippen molar-refractivity contribution in [2.24, 2.45) is 0 Å². The predicted octanol–water partition coefficient (Wildman–Crippen LogP) is 2.48. The van der Waals surface area contributed by atoms with Gasteiger partial charge < -0.3 is 14.6 Å². The number of hydrogen-bond donors (Lipinski definition) is 1. The number of carbonyl (C=O) groups is 1. The standard InChI is InChI=1S/C21H25N3O3/c1-14-13-24-16(22-19(26)18(25)17(24)20(27)23(14)2)12-21(10-6-7-11-21)15-8-4-3-5-9-15/h3-5,8-9,14,25H,6-7,10-13H2,1-2H3/t14-/m1/s1. The molecule has 6 heteroatoms. The number of hydrogen-bond acceptors (Lipinski definition) is 4. The molecule has 1 amide bonds. The zero-order valence-corrected chi connectivity index (χ0v) is 15.8. The summed E-state index contributed by atoms with van der Waals surface area (Å²) in [6.45, 7) is 2.49. The van der Waals surface area contributed by atoms with Gasteiger partial charge in [0.15, 0.2) is 5.69 Å². The van der Waals surface area contributed by atoms with E-state index in [0.29, 0.717) is 18.8 Å². The molecule has 1 atom stereocenters. The quantitative estimate of drug-likeness (QED) is 0.904. The minimum atomic E-state index is -0.714. The van der Waals surface area contributed by atoms with Gasteiger partial charge in [0, 0.05) is 31.5 Å². The number of amides is 1. The second-order valence-electron chi connectivity index (χ2n) is 7.94. The Morgan fingerprint density at radius 2 is 1.85 bits per heavy atom. The van der Waals surface area contributed by atoms with Gasteiger partial charge in [0.25, 0.3) is 5.91 Å². The number of fused-ring (bicyclic) bond motifs is 1. The number of likely N-dealkylation sites (N-methyl/N-ethyl adjacent to an activating group) is 1. The maximum atomic E-state index is 12.7. The summed E-state index contributed by atoms with van der Waals surface area (Å²) in [4.78, 5) is 30.8. The van der Waals surface area contributed by atoms with Gasteiger partial charge in [-0.15, -0.1) is 0 Å². The number of nitrogens with zero attached hydrogens (tertiary/aromatic N) is 3. The highest BCUT2D eigenvalue weighted by molar-refractivity contribution is 5.95. The van der Waals surface area contributed by atoms with Crippen LogP contribution in [0.3, 0.4) is 0 Å². The van der Waals surface area contributed by atoms with Gasteiger partial charge in [-0.2, -0.15) is 4.98 Å². The van der Waals surface area contributed by atoms with Gasteiger partial charge in [-0.05, 0) is 25.3 Å². The molecule has 2 aromatic rings. The van der Waals surface area contributed by atoms with Gasteiger partial charge in [-0.3, -0.25) is 9.59 Å². The Hall–Kier alpha value is -2.63. The van der Waals surface area contributed by atoms with Crippen molar-refractivity contribution in [3.8, 4) is 5.75 Å². The van der Waals surface area contributed by atoms with Crippen molar-refractivity contribution in [2.45, 2.75) is 57.0 Å². The van der Waals surface area contributed by atoms with Crippen molar-refractivity contribution in [1.29, 1.82) is 0 Å². The van der Waals surface area contributed by atoms with E-state index >= 15 is 0 Å². The molecule has 0 saturated heterocycles. The number of aromatic hydroxyl groups is 1. The van der Waals surface area contributed by atoms with Crippen LogP contribution >= 0.6 is 0 Å². The van der Waals surface area contributed by atoms with Crippen molar-refractivity contribution >= 4 is 5.91 Å². The Balaban J connectivity index is 1.84. The van der Waals surface area contributed by atoms with E-state index in [1.54, 1.807) is 16.5 Å². The van der Waals surface area contributed by atoms with E-state index < -0.39 is 11.3 Å². The van der Waals surface area contributed by atoms with Gasteiger partial charge in [-0.25, -0.2) is 0 Å². The lowest BCUT2D eigenvalue weighted by Crippen LogP contribution is -2.47. The third-order valence-electron chi connectivity index (χ3n) is 6.31. The number of carbonyl (C=O) groups excluding carboxylic acids is 1. The zero-order chi connectivity index (χ0) is 19.2. The SMILES string of the molecule is C[C@@H]1Cn2c(CC3(c4ccccc4)CCCC3)nc(=O)c(O)c2C(=O)N1C. The Morgan fingerprint density at radius 3 is 2.52 bits per heavy atom. The number of aromatic nitrogens is 2. The maximum absolute atomic E-state index is 12.7. The molecule has 1 saturated carbocycles. The normalized spacial score (nSPS) is 21.3. The molecule has 1 N–H and O–H groups in total. The molecule has 0 bridgehead atoms. The fourth-order valence-electron chi connectivity index (χ4n) is 4.60. The Labute approximate surface area is 158 Å². The van der Waals surface area contributed by atoms with Crippen molar-refractivity contribution in [3.05, 3.63) is 57.8 Å². The molecule has 1 fully saturated rings. The molecule has 0 radical (unpaired) electrons. The van der Waals surface area contributed by atoms with Crippen LogP contribution in [0.1, 0.15) is 54.5 Å². The van der Waals surface area contributed by atoms with Crippen LogP contribution in [0.2, 0.25) is 0 Å². The molecule has 0 spiro atoms. The first-order chi connectivity index (χ1) is 12.9. The van der Waals surface area contributed by atoms with Crippen molar-refractivity contribution < 1.29 is 9.90 Å². The van der Waals surface area contributed by atoms with Crippen LogP contribution in [0.15, 0.2) is 35.1 Å². The van der Waals surface area contributed by atoms with Crippen molar-refractivity contribution in [3.63, 3.8) is 0 Å². The maximum Gasteiger partial charge on any atom is 0.315 e. The van der Waals surface area contributed by atoms with Crippen LogP contribution in [0.25, 0.3) is 0 Å². The highest BCUT2D eigenvalue weighted by Gasteiger charge is 2.39. The molecule has 4 rings (SSSR count). The first-order valence-corrected chi connectivity index (χ1v) is 9.58. The van der Waals surface area contributed by atoms with E-state index in [0.717, 1.165) is 25.7 Å². The average Bonchev–Trinajstić information content (AvgIpc) is 3.14. The Bertz CT molecular complexity index is 930. The summed E-state index contributed by atoms with van der Waals surface area (Å²) in [5.41, 5.74) is 0.542. The van der Waals surface area contributed by atoms with Crippen LogP contribution < -0.4 is 5.56 Å². The topological polar surface area (TPSA) is 75.4 Å². The van der Waals surface area contributed by atoms with Crippen LogP contribution in [-0.2, 0) is 18.4 Å². The molecule has 1 aromatic heterocycles. The molecule has 0 unspecified atom stereocenters. The van der Waals surface area contributed by atoms with Gasteiger partial charge in [0.05, 0.1) is 0 Å². The number of benzene rings is 1. The molecule has 6 nitrogen and oxygen atoms in total. The van der Waals surface area contributed by atoms with E-state index in [1.807, 2.05) is 25.1 Å². The smallest absolute Gasteiger partial charge is 0.315 e. The lowest BCUT2D eigenvalue weighted by molar-refractivity contribution is 0.0660. The largest absolute Gasteiger partial charge is 0.501 e. The van der Waals surface area contributed by atoms with Gasteiger partial charge in [0.1, 0.15) is 5.82 Å². The summed E-state index contributed by atoms with van der Waals surface area (Å²) in [5, 5.41) is 10.2. The van der Waals surface area contributed by atoms with Crippen LogP contribution in [0.5, 0.6) is 5.75 Å². The fourth-order valence-corrected chi connectivity index (χ4v) is 4.60. The molecule has 2 heterocycles. The van der Waals surface area contributed by atoms with Crippen LogP contribution in [-0.4, -0.2) is 38.6 Å². The van der Waals surface area contributed by atoms with Gasteiger partial charge in [-0.1, -0.05) is 43.2 Å². The van der Waals surface area contributed by atoms with Crippen molar-refractivity contribution in [1.82, 2.24) is 14.5 Å². The summed E-state index contributed by atoms with van der Waals surface area (Å²) in [6, 6.07) is 10.4. The third kappa shape index (κ3) is 2.83. The Morgan fingerprint density at radius 1 is 1.19 bits per heavy atom. The minimum Gasteiger partial charge on any atom is -0.501 e. The molecule has 1 aliphatic heterocycles. The summed E-state index contributed by atoms with van der Waals surface area (Å²) in [6.07, 6.45) is 4.95. The van der Waals surface area contributed by atoms with E-state index in [9.17, 15) is 14.7 Å². The summed E-state index contributed by atoms with van der Waals surface area (Å²) in [7, 11) is 1.70. The first kappa shape index (κ1) is 17.8. The molecular formula is C21H25N3O3. The third-order valence-corrected chi connectivity index (χ3v) is 6.31. The van der Waals surface area contributed by atoms with E-state index in [2.05, 4.69) is 17.1 Å². The number of rotatable bonds is 3. The van der Waals surface area contributed by atoms with E-state index in [-0.39, 0.29) is 23.1 Å². The fraction of sp³-hybridized carbons (Fsp3) is 0.476. The zero-order valence-electron chi connectivity index (χ0n) is 15.8. The molecule has 27 heavy (non-hydrogen) atoms. The molecule has 2 aliphatic rings. The average molecular weight is 367 g/mol. The Kier molecular flexibility index (Phi) is 4.29. The van der Waals surface area contributed by atoms with Crippen LogP contribution in [0, 0.1) is 0 Å². The highest BCUT2D eigenvalue weighted by atomic mass is 16.3. The summed E-state index contributed by atoms with van der Waals surface area (Å²) >= 11 is 0. The van der Waals surface area contributed by atoms with E-state index in [4.69, 9.17) is 0 Å². The molecule has 1 aromatic carbocycles. The molecule has 142 valence electrons. The summed E-state index contributed by atoms with van der Waals surface area (Å²) < 4.78 is 1.77. The van der Waals surface area contributed by atoms with Gasteiger partial charge in [0.2, 0.25) is 5.75 Å². The van der Waals surface area contributed by atoms with Crippen LogP contribution in [0.4, 0.5) is 0 Å².